The molecule has 0 saturated heterocycles. The zero-order chi connectivity index (χ0) is 24.3. The highest BCUT2D eigenvalue weighted by Gasteiger charge is 2.31. The van der Waals surface area contributed by atoms with E-state index in [4.69, 9.17) is 0 Å². The van der Waals surface area contributed by atoms with Crippen molar-refractivity contribution in [1.82, 2.24) is 0 Å². The summed E-state index contributed by atoms with van der Waals surface area (Å²) in [4.78, 5) is 2.40. The van der Waals surface area contributed by atoms with Gasteiger partial charge in [0.1, 0.15) is 6.17 Å². The van der Waals surface area contributed by atoms with E-state index in [2.05, 4.69) is 144 Å². The van der Waals surface area contributed by atoms with E-state index < -0.39 is 0 Å². The fourth-order valence-electron chi connectivity index (χ4n) is 6.18. The van der Waals surface area contributed by atoms with E-state index in [0.717, 1.165) is 5.69 Å². The van der Waals surface area contributed by atoms with Crippen LogP contribution in [0.5, 0.6) is 0 Å². The summed E-state index contributed by atoms with van der Waals surface area (Å²) in [5, 5.41) is 6.51. The fraction of sp³-hybridized carbons (Fsp3) is 0.0286. The van der Waals surface area contributed by atoms with Crippen LogP contribution < -0.4 is 10.2 Å². The van der Waals surface area contributed by atoms with Crippen LogP contribution in [0.4, 0.5) is 17.1 Å². The van der Waals surface area contributed by atoms with Gasteiger partial charge < -0.3 is 10.2 Å². The largest absolute Gasteiger partial charge is 0.359 e. The van der Waals surface area contributed by atoms with Crippen molar-refractivity contribution in [2.24, 2.45) is 0 Å². The van der Waals surface area contributed by atoms with Crippen molar-refractivity contribution in [1.29, 1.82) is 0 Å². The maximum Gasteiger partial charge on any atom is 0.130 e. The van der Waals surface area contributed by atoms with Gasteiger partial charge in [0.2, 0.25) is 0 Å². The van der Waals surface area contributed by atoms with Crippen LogP contribution in [0.3, 0.4) is 0 Å². The van der Waals surface area contributed by atoms with Gasteiger partial charge in [-0.15, -0.1) is 0 Å². The van der Waals surface area contributed by atoms with Gasteiger partial charge in [-0.25, -0.2) is 0 Å². The van der Waals surface area contributed by atoms with Gasteiger partial charge >= 0.3 is 0 Å². The summed E-state index contributed by atoms with van der Waals surface area (Å²) in [5.41, 5.74) is 12.6. The van der Waals surface area contributed by atoms with Gasteiger partial charge in [0.15, 0.2) is 0 Å². The maximum atomic E-state index is 3.83. The number of hydrogen-bond acceptors (Lipinski definition) is 2. The van der Waals surface area contributed by atoms with Crippen LogP contribution in [0, 0.1) is 0 Å². The van der Waals surface area contributed by atoms with Crippen LogP contribution in [-0.2, 0) is 0 Å². The van der Waals surface area contributed by atoms with Gasteiger partial charge in [-0.2, -0.15) is 0 Å². The summed E-state index contributed by atoms with van der Waals surface area (Å²) in [6.07, 6.45) is 0.0381. The molecule has 1 heterocycles. The monoisotopic (exact) mass is 472 g/mol. The average Bonchev–Trinajstić information content (AvgIpc) is 3.51. The smallest absolute Gasteiger partial charge is 0.130 e. The summed E-state index contributed by atoms with van der Waals surface area (Å²) in [5.74, 6) is 0. The normalized spacial score (nSPS) is 14.9. The van der Waals surface area contributed by atoms with Crippen LogP contribution in [-0.4, -0.2) is 0 Å². The molecule has 1 unspecified atom stereocenters. The van der Waals surface area contributed by atoms with Crippen molar-refractivity contribution >= 4 is 27.8 Å². The molecule has 1 aliphatic heterocycles. The van der Waals surface area contributed by atoms with Crippen LogP contribution in [0.15, 0.2) is 133 Å². The molecule has 37 heavy (non-hydrogen) atoms. The Morgan fingerprint density at radius 3 is 1.95 bits per heavy atom. The van der Waals surface area contributed by atoms with Gasteiger partial charge in [0.05, 0.1) is 11.4 Å². The number of rotatable bonds is 3. The SMILES string of the molecule is c1ccc(C2Nc3cc(-c4ccc5c6c(cccc46)-c4ccccc4-5)ccc3N2c2ccccc2)cc1. The van der Waals surface area contributed by atoms with Crippen LogP contribution in [0.1, 0.15) is 11.7 Å². The highest BCUT2D eigenvalue weighted by atomic mass is 15.3. The van der Waals surface area contributed by atoms with Crippen molar-refractivity contribution < 1.29 is 0 Å². The van der Waals surface area contributed by atoms with Crippen molar-refractivity contribution in [2.75, 3.05) is 10.2 Å². The Morgan fingerprint density at radius 1 is 0.514 bits per heavy atom. The van der Waals surface area contributed by atoms with Gasteiger partial charge in [-0.05, 0) is 74.0 Å². The Morgan fingerprint density at radius 2 is 1.16 bits per heavy atom. The molecule has 1 N–H and O–H groups in total. The minimum atomic E-state index is 0.0381. The van der Waals surface area contributed by atoms with E-state index in [9.17, 15) is 0 Å². The lowest BCUT2D eigenvalue weighted by Gasteiger charge is -2.27. The molecule has 0 bridgehead atoms. The summed E-state index contributed by atoms with van der Waals surface area (Å²) in [6.45, 7) is 0. The first-order valence-corrected chi connectivity index (χ1v) is 12.8. The third-order valence-electron chi connectivity index (χ3n) is 7.82. The zero-order valence-electron chi connectivity index (χ0n) is 20.2. The summed E-state index contributed by atoms with van der Waals surface area (Å²) in [6, 6.07) is 48.3. The Bertz CT molecular complexity index is 1780. The molecule has 0 spiro atoms. The standard InChI is InChI=1S/C35H24N2/c1-3-10-23(11-4-1)35-36-32-22-24(18-21-33(32)37(35)25-12-5-2-6-13-25)26-19-20-31-28-15-8-7-14-27(28)30-17-9-16-29(26)34(30)31/h1-22,35-36H. The lowest BCUT2D eigenvalue weighted by atomic mass is 9.94. The van der Waals surface area contributed by atoms with Gasteiger partial charge in [-0.3, -0.25) is 0 Å². The van der Waals surface area contributed by atoms with E-state index in [-0.39, 0.29) is 6.17 Å². The third-order valence-corrected chi connectivity index (χ3v) is 7.82. The first-order valence-electron chi connectivity index (χ1n) is 12.8. The molecule has 6 aromatic carbocycles. The lowest BCUT2D eigenvalue weighted by molar-refractivity contribution is 0.828. The maximum absolute atomic E-state index is 3.83. The molecule has 0 aromatic heterocycles. The van der Waals surface area contributed by atoms with Gasteiger partial charge in [-0.1, -0.05) is 109 Å². The van der Waals surface area contributed by atoms with Crippen LogP contribution in [0.2, 0.25) is 0 Å². The number of nitrogens with zero attached hydrogens (tertiary/aromatic N) is 1. The van der Waals surface area contributed by atoms with Crippen molar-refractivity contribution in [2.45, 2.75) is 6.17 Å². The molecule has 174 valence electrons. The Hall–Kier alpha value is -4.82. The molecular formula is C35H24N2. The number of anilines is 3. The first kappa shape index (κ1) is 20.4. The Labute approximate surface area is 216 Å². The fourth-order valence-corrected chi connectivity index (χ4v) is 6.18. The van der Waals surface area contributed by atoms with Gasteiger partial charge in [0.25, 0.3) is 0 Å². The van der Waals surface area contributed by atoms with Crippen LogP contribution >= 0.6 is 0 Å². The summed E-state index contributed by atoms with van der Waals surface area (Å²) in [7, 11) is 0. The van der Waals surface area contributed by atoms with Crippen molar-refractivity contribution in [3.8, 4) is 33.4 Å². The molecule has 2 aliphatic rings. The number of nitrogens with one attached hydrogen (secondary N) is 1. The predicted octanol–water partition coefficient (Wildman–Crippen LogP) is 9.42. The molecule has 0 saturated carbocycles. The van der Waals surface area contributed by atoms with E-state index in [1.165, 1.54) is 61.1 Å². The number of fused-ring (bicyclic) bond motifs is 4. The molecular weight excluding hydrogens is 448 g/mol. The number of benzene rings is 6. The van der Waals surface area contributed by atoms with Gasteiger partial charge in [0, 0.05) is 5.69 Å². The molecule has 8 rings (SSSR count). The zero-order valence-corrected chi connectivity index (χ0v) is 20.2. The lowest BCUT2D eigenvalue weighted by Crippen LogP contribution is -2.23. The number of hydrogen-bond donors (Lipinski definition) is 1. The minimum absolute atomic E-state index is 0.0381. The van der Waals surface area contributed by atoms with E-state index in [1.807, 2.05) is 0 Å². The molecule has 0 radical (unpaired) electrons. The summed E-state index contributed by atoms with van der Waals surface area (Å²) >= 11 is 0. The minimum Gasteiger partial charge on any atom is -0.359 e. The quantitative estimate of drug-likeness (QED) is 0.275. The third kappa shape index (κ3) is 2.99. The first-order chi connectivity index (χ1) is 18.4. The Kier molecular flexibility index (Phi) is 4.32. The second-order valence-corrected chi connectivity index (χ2v) is 9.83. The molecule has 0 fully saturated rings. The Balaban J connectivity index is 1.28. The highest BCUT2D eigenvalue weighted by molar-refractivity contribution is 6.18. The highest BCUT2D eigenvalue weighted by Crippen LogP contribution is 2.51. The van der Waals surface area contributed by atoms with E-state index in [1.54, 1.807) is 0 Å². The molecule has 2 heteroatoms. The molecule has 1 aliphatic carbocycles. The molecule has 1 atom stereocenters. The van der Waals surface area contributed by atoms with Crippen LogP contribution in [0.25, 0.3) is 44.2 Å². The molecule has 0 amide bonds. The summed E-state index contributed by atoms with van der Waals surface area (Å²) < 4.78 is 0. The van der Waals surface area contributed by atoms with Crippen molar-refractivity contribution in [3.63, 3.8) is 0 Å². The topological polar surface area (TPSA) is 15.3 Å². The average molecular weight is 473 g/mol. The predicted molar refractivity (Wildman–Crippen MR) is 155 cm³/mol. The second kappa shape index (κ2) is 7.84. The second-order valence-electron chi connectivity index (χ2n) is 9.83. The van der Waals surface area contributed by atoms with E-state index >= 15 is 0 Å². The molecule has 6 aromatic rings. The van der Waals surface area contributed by atoms with Crippen molar-refractivity contribution in [3.05, 3.63) is 139 Å². The molecule has 2 nitrogen and oxygen atoms in total. The van der Waals surface area contributed by atoms with E-state index in [0.29, 0.717) is 0 Å². The number of para-hydroxylation sites is 1.